The number of benzene rings is 2. The van der Waals surface area contributed by atoms with Crippen LogP contribution in [0.4, 0.5) is 26.3 Å². The van der Waals surface area contributed by atoms with Crippen LogP contribution in [0.2, 0.25) is 0 Å². The summed E-state index contributed by atoms with van der Waals surface area (Å²) in [5.74, 6) is -2.81. The molecule has 1 aliphatic carbocycles. The summed E-state index contributed by atoms with van der Waals surface area (Å²) in [6.45, 7) is 5.66. The van der Waals surface area contributed by atoms with Gasteiger partial charge in [0.25, 0.3) is 6.36 Å². The van der Waals surface area contributed by atoms with Crippen molar-refractivity contribution in [2.45, 2.75) is 38.6 Å². The number of rotatable bonds is 9. The molecule has 5 nitrogen and oxygen atoms in total. The number of esters is 1. The molecule has 3 rings (SSSR count). The van der Waals surface area contributed by atoms with Crippen LogP contribution < -0.4 is 4.74 Å². The molecule has 1 aliphatic rings. The molecule has 11 heteroatoms. The van der Waals surface area contributed by atoms with Crippen LogP contribution in [0.5, 0.6) is 11.5 Å². The minimum absolute atomic E-state index is 0.150. The quantitative estimate of drug-likeness (QED) is 0.208. The van der Waals surface area contributed by atoms with Crippen molar-refractivity contribution >= 4 is 5.97 Å². The van der Waals surface area contributed by atoms with E-state index in [2.05, 4.69) is 11.3 Å². The Labute approximate surface area is 202 Å². The number of carbonyl (C=O) groups is 1. The Balaban J connectivity index is 1.83. The summed E-state index contributed by atoms with van der Waals surface area (Å²) < 4.78 is 94.2. The maximum Gasteiger partial charge on any atom is 0.445 e. The van der Waals surface area contributed by atoms with Crippen LogP contribution in [0.1, 0.15) is 25.5 Å². The van der Waals surface area contributed by atoms with E-state index < -0.39 is 47.5 Å². The molecule has 0 spiro atoms. The average Bonchev–Trinajstić information content (AvgIpc) is 3.34. The first-order chi connectivity index (χ1) is 16.7. The van der Waals surface area contributed by atoms with Gasteiger partial charge in [-0.25, -0.2) is 4.39 Å². The second kappa shape index (κ2) is 9.50. The van der Waals surface area contributed by atoms with Crippen molar-refractivity contribution in [3.05, 3.63) is 72.8 Å². The molecule has 2 aromatic rings. The number of nitriles is 1. The SMILES string of the molecule is C=CC1(C(=O)OC(C#N)c2cccc(Oc3ccccc3)c2)C(C(F)(F)OC(F)C(F)(F)F)C1(C)C. The Morgan fingerprint density at radius 3 is 2.25 bits per heavy atom. The van der Waals surface area contributed by atoms with Gasteiger partial charge in [-0.1, -0.05) is 50.3 Å². The van der Waals surface area contributed by atoms with Crippen molar-refractivity contribution in [2.75, 3.05) is 0 Å². The molecule has 0 bridgehead atoms. The van der Waals surface area contributed by atoms with Crippen molar-refractivity contribution in [2.24, 2.45) is 16.7 Å². The molecule has 0 saturated heterocycles. The van der Waals surface area contributed by atoms with E-state index in [-0.39, 0.29) is 5.56 Å². The van der Waals surface area contributed by atoms with Crippen molar-refractivity contribution < 1.29 is 45.3 Å². The standard InChI is InChI=1S/C25H21F6NO4/c1-4-23(19(22(23,2)3)25(30,31)36-20(26)24(27,28)29)21(33)35-18(14-32)15-9-8-12-17(13-15)34-16-10-6-5-7-11-16/h4-13,18-20H,1H2,2-3H3. The molecule has 0 aromatic heterocycles. The van der Waals surface area contributed by atoms with E-state index in [1.54, 1.807) is 42.5 Å². The lowest BCUT2D eigenvalue weighted by Crippen LogP contribution is -2.39. The molecule has 4 unspecified atom stereocenters. The van der Waals surface area contributed by atoms with Gasteiger partial charge in [0, 0.05) is 5.56 Å². The minimum Gasteiger partial charge on any atom is -0.457 e. The molecule has 36 heavy (non-hydrogen) atoms. The third-order valence-electron chi connectivity index (χ3n) is 6.16. The second-order valence-corrected chi connectivity index (χ2v) is 8.67. The van der Waals surface area contributed by atoms with Gasteiger partial charge in [0.2, 0.25) is 6.10 Å². The number of ether oxygens (including phenoxy) is 3. The molecule has 0 amide bonds. The summed E-state index contributed by atoms with van der Waals surface area (Å²) in [6.07, 6.45) is -15.5. The van der Waals surface area contributed by atoms with Gasteiger partial charge < -0.3 is 9.47 Å². The zero-order valence-electron chi connectivity index (χ0n) is 19.1. The van der Waals surface area contributed by atoms with E-state index in [9.17, 15) is 36.4 Å². The summed E-state index contributed by atoms with van der Waals surface area (Å²) in [5.41, 5.74) is -3.84. The summed E-state index contributed by atoms with van der Waals surface area (Å²) in [7, 11) is 0. The van der Waals surface area contributed by atoms with Gasteiger partial charge in [-0.2, -0.15) is 27.2 Å². The topological polar surface area (TPSA) is 68.6 Å². The maximum absolute atomic E-state index is 14.6. The van der Waals surface area contributed by atoms with Crippen molar-refractivity contribution in [1.82, 2.24) is 0 Å². The Hall–Kier alpha value is -3.52. The second-order valence-electron chi connectivity index (χ2n) is 8.67. The lowest BCUT2D eigenvalue weighted by Gasteiger charge is -2.23. The van der Waals surface area contributed by atoms with Gasteiger partial charge in [-0.3, -0.25) is 9.53 Å². The minimum atomic E-state index is -5.70. The third kappa shape index (κ3) is 4.91. The van der Waals surface area contributed by atoms with Crippen LogP contribution in [-0.2, 0) is 14.3 Å². The number of alkyl halides is 6. The summed E-state index contributed by atoms with van der Waals surface area (Å²) in [6, 6.07) is 16.3. The fraction of sp³-hybridized carbons (Fsp3) is 0.360. The Kier molecular flexibility index (Phi) is 7.15. The fourth-order valence-corrected chi connectivity index (χ4v) is 4.34. The van der Waals surface area contributed by atoms with E-state index in [1.807, 2.05) is 0 Å². The zero-order valence-corrected chi connectivity index (χ0v) is 19.1. The summed E-state index contributed by atoms with van der Waals surface area (Å²) in [5, 5.41) is 9.59. The Morgan fingerprint density at radius 2 is 1.69 bits per heavy atom. The van der Waals surface area contributed by atoms with Crippen LogP contribution in [0, 0.1) is 28.1 Å². The van der Waals surface area contributed by atoms with Crippen LogP contribution in [0.15, 0.2) is 67.3 Å². The van der Waals surface area contributed by atoms with Crippen molar-refractivity contribution in [3.63, 3.8) is 0 Å². The third-order valence-corrected chi connectivity index (χ3v) is 6.16. The molecule has 0 aliphatic heterocycles. The number of nitrogens with zero attached hydrogens (tertiary/aromatic N) is 1. The smallest absolute Gasteiger partial charge is 0.445 e. The van der Waals surface area contributed by atoms with E-state index in [1.165, 1.54) is 18.2 Å². The van der Waals surface area contributed by atoms with Gasteiger partial charge in [0.1, 0.15) is 23.0 Å². The van der Waals surface area contributed by atoms with Crippen molar-refractivity contribution in [1.29, 1.82) is 5.26 Å². The predicted octanol–water partition coefficient (Wildman–Crippen LogP) is 6.88. The molecule has 0 heterocycles. The molecule has 1 saturated carbocycles. The Bertz CT molecular complexity index is 1160. The van der Waals surface area contributed by atoms with Gasteiger partial charge in [0.05, 0.1) is 5.92 Å². The van der Waals surface area contributed by atoms with Crippen LogP contribution in [0.25, 0.3) is 0 Å². The summed E-state index contributed by atoms with van der Waals surface area (Å²) in [4.78, 5) is 13.1. The summed E-state index contributed by atoms with van der Waals surface area (Å²) >= 11 is 0. The van der Waals surface area contributed by atoms with E-state index in [0.717, 1.165) is 19.9 Å². The molecule has 1 fully saturated rings. The normalized spacial score (nSPS) is 22.6. The first kappa shape index (κ1) is 27.1. The first-order valence-corrected chi connectivity index (χ1v) is 10.5. The highest BCUT2D eigenvalue weighted by Crippen LogP contribution is 2.75. The van der Waals surface area contributed by atoms with Gasteiger partial charge >= 0.3 is 18.3 Å². The van der Waals surface area contributed by atoms with E-state index >= 15 is 0 Å². The van der Waals surface area contributed by atoms with Crippen LogP contribution >= 0.6 is 0 Å². The largest absolute Gasteiger partial charge is 0.457 e. The number of hydrogen-bond donors (Lipinski definition) is 0. The molecule has 0 N–H and O–H groups in total. The van der Waals surface area contributed by atoms with Gasteiger partial charge in [-0.15, -0.1) is 6.58 Å². The fourth-order valence-electron chi connectivity index (χ4n) is 4.34. The highest BCUT2D eigenvalue weighted by Gasteiger charge is 2.83. The molecule has 192 valence electrons. The molecule has 0 radical (unpaired) electrons. The van der Waals surface area contributed by atoms with Gasteiger partial charge in [0.15, 0.2) is 0 Å². The first-order valence-electron chi connectivity index (χ1n) is 10.5. The highest BCUT2D eigenvalue weighted by molar-refractivity contribution is 5.86. The maximum atomic E-state index is 14.6. The number of para-hydroxylation sites is 1. The Morgan fingerprint density at radius 1 is 1.08 bits per heavy atom. The number of carbonyl (C=O) groups excluding carboxylic acids is 1. The lowest BCUT2D eigenvalue weighted by atomic mass is 9.96. The number of halogens is 6. The lowest BCUT2D eigenvalue weighted by molar-refractivity contribution is -0.367. The van der Waals surface area contributed by atoms with E-state index in [4.69, 9.17) is 9.47 Å². The highest BCUT2D eigenvalue weighted by atomic mass is 19.4. The zero-order chi connectivity index (χ0) is 26.9. The van der Waals surface area contributed by atoms with E-state index in [0.29, 0.717) is 11.5 Å². The van der Waals surface area contributed by atoms with Crippen molar-refractivity contribution in [3.8, 4) is 17.6 Å². The number of hydrogen-bond acceptors (Lipinski definition) is 5. The molecule has 2 aromatic carbocycles. The predicted molar refractivity (Wildman–Crippen MR) is 114 cm³/mol. The molecule has 4 atom stereocenters. The average molecular weight is 513 g/mol. The van der Waals surface area contributed by atoms with Gasteiger partial charge in [-0.05, 0) is 29.7 Å². The molecular formula is C25H21F6NO4. The van der Waals surface area contributed by atoms with Crippen LogP contribution in [0.3, 0.4) is 0 Å². The molecular weight excluding hydrogens is 492 g/mol. The monoisotopic (exact) mass is 513 g/mol. The van der Waals surface area contributed by atoms with Crippen LogP contribution in [-0.4, -0.2) is 24.6 Å².